The summed E-state index contributed by atoms with van der Waals surface area (Å²) < 4.78 is 0. The van der Waals surface area contributed by atoms with Crippen LogP contribution in [-0.4, -0.2) is 11.1 Å². The number of nitro groups is 1. The van der Waals surface area contributed by atoms with E-state index in [1.807, 2.05) is 19.1 Å². The van der Waals surface area contributed by atoms with E-state index in [2.05, 4.69) is 4.99 Å². The summed E-state index contributed by atoms with van der Waals surface area (Å²) in [5, 5.41) is 10.8. The van der Waals surface area contributed by atoms with Crippen molar-refractivity contribution in [3.05, 3.63) is 55.8 Å². The van der Waals surface area contributed by atoms with Gasteiger partial charge in [-0.3, -0.25) is 15.1 Å². The number of nitrogens with zero attached hydrogens (tertiary/aromatic N) is 2. The standard InChI is InChI=1S/C13H12N2O2S/c1-9-6-7-11(18-9)8-14-12-4-3-5-13(10(12)2)15(16)17/h3-8H,1-2H3. The maximum Gasteiger partial charge on any atom is 0.274 e. The zero-order chi connectivity index (χ0) is 13.1. The van der Waals surface area contributed by atoms with Crippen LogP contribution in [0.15, 0.2) is 35.3 Å². The molecule has 2 aromatic rings. The first-order valence-electron chi connectivity index (χ1n) is 5.42. The predicted octanol–water partition coefficient (Wildman–Crippen LogP) is 4.02. The smallest absolute Gasteiger partial charge is 0.258 e. The third kappa shape index (κ3) is 2.62. The Morgan fingerprint density at radius 2 is 2.06 bits per heavy atom. The summed E-state index contributed by atoms with van der Waals surface area (Å²) in [6.45, 7) is 3.74. The first-order chi connectivity index (χ1) is 8.58. The fourth-order valence-electron chi connectivity index (χ4n) is 1.61. The van der Waals surface area contributed by atoms with Gasteiger partial charge in [0.1, 0.15) is 0 Å². The fraction of sp³-hybridized carbons (Fsp3) is 0.154. The topological polar surface area (TPSA) is 55.5 Å². The van der Waals surface area contributed by atoms with Gasteiger partial charge < -0.3 is 0 Å². The molecule has 2 rings (SSSR count). The molecule has 92 valence electrons. The van der Waals surface area contributed by atoms with Crippen LogP contribution >= 0.6 is 11.3 Å². The minimum atomic E-state index is -0.385. The third-order valence-electron chi connectivity index (χ3n) is 2.57. The lowest BCUT2D eigenvalue weighted by Gasteiger charge is -2.00. The molecule has 0 saturated heterocycles. The molecule has 0 bridgehead atoms. The van der Waals surface area contributed by atoms with Gasteiger partial charge in [-0.15, -0.1) is 11.3 Å². The van der Waals surface area contributed by atoms with Gasteiger partial charge in [-0.2, -0.15) is 0 Å². The zero-order valence-corrected chi connectivity index (χ0v) is 10.9. The van der Waals surface area contributed by atoms with E-state index < -0.39 is 0 Å². The molecule has 0 atom stereocenters. The van der Waals surface area contributed by atoms with Crippen LogP contribution in [0, 0.1) is 24.0 Å². The van der Waals surface area contributed by atoms with E-state index in [1.165, 1.54) is 10.9 Å². The van der Waals surface area contributed by atoms with Crippen molar-refractivity contribution in [2.24, 2.45) is 4.99 Å². The molecule has 0 unspecified atom stereocenters. The molecule has 0 amide bonds. The van der Waals surface area contributed by atoms with Crippen molar-refractivity contribution >= 4 is 28.9 Å². The molecule has 0 spiro atoms. The normalized spacial score (nSPS) is 11.0. The van der Waals surface area contributed by atoms with Gasteiger partial charge in [0.05, 0.1) is 16.2 Å². The zero-order valence-electron chi connectivity index (χ0n) is 10.1. The minimum absolute atomic E-state index is 0.104. The highest BCUT2D eigenvalue weighted by molar-refractivity contribution is 7.13. The van der Waals surface area contributed by atoms with E-state index in [1.54, 1.807) is 36.6 Å². The monoisotopic (exact) mass is 260 g/mol. The first-order valence-corrected chi connectivity index (χ1v) is 6.24. The molecule has 0 fully saturated rings. The lowest BCUT2D eigenvalue weighted by atomic mass is 10.1. The molecule has 4 nitrogen and oxygen atoms in total. The molecule has 18 heavy (non-hydrogen) atoms. The quantitative estimate of drug-likeness (QED) is 0.475. The SMILES string of the molecule is Cc1ccc(C=Nc2cccc([N+](=O)[O-])c2C)s1. The van der Waals surface area contributed by atoms with Crippen molar-refractivity contribution < 1.29 is 4.92 Å². The Hall–Kier alpha value is -2.01. The Kier molecular flexibility index (Phi) is 3.53. The number of nitro benzene ring substituents is 1. The summed E-state index contributed by atoms with van der Waals surface area (Å²) in [6.07, 6.45) is 1.74. The molecule has 1 aromatic heterocycles. The molecule has 5 heteroatoms. The molecule has 1 aromatic carbocycles. The number of aryl methyl sites for hydroxylation is 1. The van der Waals surface area contributed by atoms with E-state index in [0.717, 1.165) is 4.88 Å². The van der Waals surface area contributed by atoms with Crippen molar-refractivity contribution in [2.45, 2.75) is 13.8 Å². The molecule has 0 N–H and O–H groups in total. The Morgan fingerprint density at radius 1 is 1.28 bits per heavy atom. The molecule has 0 radical (unpaired) electrons. The number of hydrogen-bond acceptors (Lipinski definition) is 4. The number of benzene rings is 1. The summed E-state index contributed by atoms with van der Waals surface area (Å²) in [4.78, 5) is 17.0. The number of hydrogen-bond donors (Lipinski definition) is 0. The Balaban J connectivity index is 2.32. The summed E-state index contributed by atoms with van der Waals surface area (Å²) >= 11 is 1.64. The van der Waals surface area contributed by atoms with Crippen molar-refractivity contribution in [1.82, 2.24) is 0 Å². The maximum absolute atomic E-state index is 10.8. The molecular formula is C13H12N2O2S. The Labute approximate surface area is 109 Å². The van der Waals surface area contributed by atoms with Gasteiger partial charge >= 0.3 is 0 Å². The van der Waals surface area contributed by atoms with Crippen molar-refractivity contribution in [1.29, 1.82) is 0 Å². The molecule has 0 aliphatic carbocycles. The van der Waals surface area contributed by atoms with E-state index in [9.17, 15) is 10.1 Å². The lowest BCUT2D eigenvalue weighted by Crippen LogP contribution is -1.91. The van der Waals surface area contributed by atoms with Gasteiger partial charge in [0.15, 0.2) is 0 Å². The van der Waals surface area contributed by atoms with Crippen molar-refractivity contribution in [3.63, 3.8) is 0 Å². The molecule has 0 saturated carbocycles. The van der Waals surface area contributed by atoms with Crippen LogP contribution < -0.4 is 0 Å². The van der Waals surface area contributed by atoms with Gasteiger partial charge in [-0.05, 0) is 32.0 Å². The van der Waals surface area contributed by atoms with Gasteiger partial charge in [-0.1, -0.05) is 6.07 Å². The highest BCUT2D eigenvalue weighted by atomic mass is 32.1. The number of aliphatic imine (C=N–C) groups is 1. The minimum Gasteiger partial charge on any atom is -0.258 e. The molecular weight excluding hydrogens is 248 g/mol. The van der Waals surface area contributed by atoms with Crippen LogP contribution in [0.4, 0.5) is 11.4 Å². The Bertz CT molecular complexity index is 617. The second-order valence-corrected chi connectivity index (χ2v) is 5.20. The fourth-order valence-corrected chi connectivity index (χ4v) is 2.35. The van der Waals surface area contributed by atoms with Gasteiger partial charge in [0, 0.05) is 22.0 Å². The predicted molar refractivity (Wildman–Crippen MR) is 74.1 cm³/mol. The average Bonchev–Trinajstić information content (AvgIpc) is 2.73. The van der Waals surface area contributed by atoms with Crippen LogP contribution in [0.1, 0.15) is 15.3 Å². The third-order valence-corrected chi connectivity index (χ3v) is 3.50. The molecule has 1 heterocycles. The van der Waals surface area contributed by atoms with Crippen LogP contribution in [0.5, 0.6) is 0 Å². The van der Waals surface area contributed by atoms with E-state index >= 15 is 0 Å². The summed E-state index contributed by atoms with van der Waals surface area (Å²) in [5.74, 6) is 0. The number of thiophene rings is 1. The second-order valence-electron chi connectivity index (χ2n) is 3.88. The number of rotatable bonds is 3. The average molecular weight is 260 g/mol. The highest BCUT2D eigenvalue weighted by Crippen LogP contribution is 2.27. The van der Waals surface area contributed by atoms with Gasteiger partial charge in [0.25, 0.3) is 5.69 Å². The summed E-state index contributed by atoms with van der Waals surface area (Å²) in [7, 11) is 0. The van der Waals surface area contributed by atoms with E-state index in [-0.39, 0.29) is 10.6 Å². The summed E-state index contributed by atoms with van der Waals surface area (Å²) in [5.41, 5.74) is 1.33. The molecule has 0 aliphatic rings. The first kappa shape index (κ1) is 12.4. The van der Waals surface area contributed by atoms with Crippen LogP contribution in [0.2, 0.25) is 0 Å². The van der Waals surface area contributed by atoms with Crippen molar-refractivity contribution in [2.75, 3.05) is 0 Å². The van der Waals surface area contributed by atoms with Gasteiger partial charge in [0.2, 0.25) is 0 Å². The summed E-state index contributed by atoms with van der Waals surface area (Å²) in [6, 6.07) is 8.92. The lowest BCUT2D eigenvalue weighted by molar-refractivity contribution is -0.385. The second kappa shape index (κ2) is 5.10. The van der Waals surface area contributed by atoms with E-state index in [4.69, 9.17) is 0 Å². The van der Waals surface area contributed by atoms with Gasteiger partial charge in [-0.25, -0.2) is 0 Å². The van der Waals surface area contributed by atoms with Crippen LogP contribution in [0.3, 0.4) is 0 Å². The van der Waals surface area contributed by atoms with Crippen LogP contribution in [-0.2, 0) is 0 Å². The largest absolute Gasteiger partial charge is 0.274 e. The van der Waals surface area contributed by atoms with Crippen molar-refractivity contribution in [3.8, 4) is 0 Å². The Morgan fingerprint density at radius 3 is 2.67 bits per heavy atom. The van der Waals surface area contributed by atoms with E-state index in [0.29, 0.717) is 11.3 Å². The highest BCUT2D eigenvalue weighted by Gasteiger charge is 2.12. The molecule has 0 aliphatic heterocycles. The van der Waals surface area contributed by atoms with Crippen LogP contribution in [0.25, 0.3) is 0 Å². The maximum atomic E-state index is 10.8.